The number of aromatic hydroxyl groups is 1. The molecule has 3 aromatic rings. The van der Waals surface area contributed by atoms with E-state index >= 15 is 0 Å². The number of amides is 1. The van der Waals surface area contributed by atoms with Crippen LogP contribution in [0, 0.1) is 13.8 Å². The fourth-order valence-corrected chi connectivity index (χ4v) is 3.29. The largest absolute Gasteiger partial charge is 0.494 e. The minimum atomic E-state index is -0.308. The highest BCUT2D eigenvalue weighted by molar-refractivity contribution is 6.30. The van der Waals surface area contributed by atoms with Gasteiger partial charge in [0.25, 0.3) is 5.91 Å². The van der Waals surface area contributed by atoms with Gasteiger partial charge in [0.2, 0.25) is 5.88 Å². The average Bonchev–Trinajstić information content (AvgIpc) is 3.06. The van der Waals surface area contributed by atoms with Crippen LogP contribution in [0.15, 0.2) is 53.5 Å². The third-order valence-corrected chi connectivity index (χ3v) is 4.68. The van der Waals surface area contributed by atoms with E-state index in [9.17, 15) is 9.90 Å². The number of aliphatic imine (C=N–C) groups is 1. The molecule has 1 aromatic heterocycles. The Morgan fingerprint density at radius 3 is 1.92 bits per heavy atom. The lowest BCUT2D eigenvalue weighted by Crippen LogP contribution is -2.01. The summed E-state index contributed by atoms with van der Waals surface area (Å²) < 4.78 is 1.66. The minimum absolute atomic E-state index is 0.0655. The van der Waals surface area contributed by atoms with Gasteiger partial charge in [-0.2, -0.15) is 0 Å². The van der Waals surface area contributed by atoms with Gasteiger partial charge in [-0.15, -0.1) is 0 Å². The predicted octanol–water partition coefficient (Wildman–Crippen LogP) is 4.01. The summed E-state index contributed by atoms with van der Waals surface area (Å²) in [6, 6.07) is 15.7. The fraction of sp³-hybridized carbons (Fsp3) is 0.143. The first kappa shape index (κ1) is 15.4. The number of hydrogen-bond donors (Lipinski definition) is 1. The van der Waals surface area contributed by atoms with Gasteiger partial charge in [-0.3, -0.25) is 4.79 Å². The molecule has 25 heavy (non-hydrogen) atoms. The van der Waals surface area contributed by atoms with Gasteiger partial charge in [0.15, 0.2) is 0 Å². The first-order valence-corrected chi connectivity index (χ1v) is 8.16. The zero-order chi connectivity index (χ0) is 17.7. The summed E-state index contributed by atoms with van der Waals surface area (Å²) in [7, 11) is 1.77. The van der Waals surface area contributed by atoms with E-state index in [2.05, 4.69) is 4.99 Å². The SMILES string of the molecule is Cc1ccc(C2=NC(=O)c3c2c(O)n(C)c3-c2ccc(C)cc2)cc1. The van der Waals surface area contributed by atoms with Crippen LogP contribution >= 0.6 is 0 Å². The van der Waals surface area contributed by atoms with Crippen LogP contribution in [0.5, 0.6) is 5.88 Å². The second-order valence-electron chi connectivity index (χ2n) is 6.48. The van der Waals surface area contributed by atoms with Crippen molar-refractivity contribution in [2.75, 3.05) is 0 Å². The number of aromatic nitrogens is 1. The van der Waals surface area contributed by atoms with E-state index in [4.69, 9.17) is 0 Å². The Morgan fingerprint density at radius 2 is 1.36 bits per heavy atom. The van der Waals surface area contributed by atoms with Gasteiger partial charge in [-0.1, -0.05) is 59.7 Å². The van der Waals surface area contributed by atoms with Crippen LogP contribution in [0.3, 0.4) is 0 Å². The van der Waals surface area contributed by atoms with Crippen molar-refractivity contribution in [1.82, 2.24) is 4.57 Å². The summed E-state index contributed by atoms with van der Waals surface area (Å²) in [6.45, 7) is 4.02. The number of fused-ring (bicyclic) bond motifs is 1. The van der Waals surface area contributed by atoms with Gasteiger partial charge in [-0.25, -0.2) is 4.99 Å². The Morgan fingerprint density at radius 1 is 0.840 bits per heavy atom. The molecule has 1 amide bonds. The molecule has 0 saturated heterocycles. The number of carbonyl (C=O) groups excluding carboxylic acids is 1. The number of nitrogens with zero attached hydrogens (tertiary/aromatic N) is 2. The fourth-order valence-electron chi connectivity index (χ4n) is 3.29. The zero-order valence-corrected chi connectivity index (χ0v) is 14.4. The van der Waals surface area contributed by atoms with Crippen molar-refractivity contribution in [1.29, 1.82) is 0 Å². The molecule has 0 unspecified atom stereocenters. The van der Waals surface area contributed by atoms with Crippen molar-refractivity contribution < 1.29 is 9.90 Å². The van der Waals surface area contributed by atoms with Gasteiger partial charge in [0.1, 0.15) is 0 Å². The zero-order valence-electron chi connectivity index (χ0n) is 14.4. The molecule has 0 atom stereocenters. The molecular formula is C21H18N2O2. The van der Waals surface area contributed by atoms with Crippen LogP contribution < -0.4 is 0 Å². The Balaban J connectivity index is 1.93. The molecule has 0 bridgehead atoms. The van der Waals surface area contributed by atoms with E-state index in [0.29, 0.717) is 22.5 Å². The molecule has 124 valence electrons. The number of aryl methyl sites for hydroxylation is 2. The molecule has 1 N–H and O–H groups in total. The van der Waals surface area contributed by atoms with Gasteiger partial charge in [0, 0.05) is 12.6 Å². The van der Waals surface area contributed by atoms with Crippen LogP contribution in [0.4, 0.5) is 0 Å². The molecule has 0 saturated carbocycles. The lowest BCUT2D eigenvalue weighted by molar-refractivity contribution is 0.101. The summed E-state index contributed by atoms with van der Waals surface area (Å²) >= 11 is 0. The van der Waals surface area contributed by atoms with Gasteiger partial charge >= 0.3 is 0 Å². The molecule has 4 nitrogen and oxygen atoms in total. The third-order valence-electron chi connectivity index (χ3n) is 4.68. The van der Waals surface area contributed by atoms with Crippen LogP contribution in [-0.2, 0) is 7.05 Å². The van der Waals surface area contributed by atoms with Crippen LogP contribution in [0.2, 0.25) is 0 Å². The Labute approximate surface area is 146 Å². The normalized spacial score (nSPS) is 13.1. The smallest absolute Gasteiger partial charge is 0.280 e. The lowest BCUT2D eigenvalue weighted by atomic mass is 9.99. The predicted molar refractivity (Wildman–Crippen MR) is 98.4 cm³/mol. The molecule has 0 spiro atoms. The highest BCUT2D eigenvalue weighted by atomic mass is 16.3. The molecule has 4 rings (SSSR count). The number of rotatable bonds is 2. The molecule has 1 aliphatic heterocycles. The number of carbonyl (C=O) groups is 1. The Hall–Kier alpha value is -3.14. The summed E-state index contributed by atoms with van der Waals surface area (Å²) in [6.07, 6.45) is 0. The quantitative estimate of drug-likeness (QED) is 0.772. The van der Waals surface area contributed by atoms with Crippen LogP contribution in [0.25, 0.3) is 11.3 Å². The van der Waals surface area contributed by atoms with Crippen molar-refractivity contribution in [2.24, 2.45) is 12.0 Å². The van der Waals surface area contributed by atoms with Crippen molar-refractivity contribution in [2.45, 2.75) is 13.8 Å². The first-order chi connectivity index (χ1) is 12.0. The maximum absolute atomic E-state index is 12.6. The Bertz CT molecular complexity index is 1020. The van der Waals surface area contributed by atoms with Crippen molar-refractivity contribution in [3.63, 3.8) is 0 Å². The highest BCUT2D eigenvalue weighted by Gasteiger charge is 2.35. The van der Waals surface area contributed by atoms with Gasteiger partial charge in [-0.05, 0) is 19.4 Å². The number of benzene rings is 2. The second kappa shape index (κ2) is 5.45. The topological polar surface area (TPSA) is 54.6 Å². The van der Waals surface area contributed by atoms with E-state index < -0.39 is 0 Å². The maximum atomic E-state index is 12.6. The summed E-state index contributed by atoms with van der Waals surface area (Å²) in [5.41, 5.74) is 6.21. The first-order valence-electron chi connectivity index (χ1n) is 8.16. The molecule has 4 heteroatoms. The van der Waals surface area contributed by atoms with Gasteiger partial charge < -0.3 is 9.67 Å². The average molecular weight is 330 g/mol. The van der Waals surface area contributed by atoms with Crippen molar-refractivity contribution in [3.8, 4) is 17.1 Å². The second-order valence-corrected chi connectivity index (χ2v) is 6.48. The summed E-state index contributed by atoms with van der Waals surface area (Å²) in [5.74, 6) is -0.243. The van der Waals surface area contributed by atoms with E-state index in [1.54, 1.807) is 11.6 Å². The van der Waals surface area contributed by atoms with Crippen LogP contribution in [0.1, 0.15) is 32.6 Å². The van der Waals surface area contributed by atoms with E-state index in [0.717, 1.165) is 22.3 Å². The molecule has 0 fully saturated rings. The van der Waals surface area contributed by atoms with E-state index in [1.165, 1.54) is 0 Å². The highest BCUT2D eigenvalue weighted by Crippen LogP contribution is 2.40. The molecule has 1 aliphatic rings. The molecule has 2 aromatic carbocycles. The molecule has 2 heterocycles. The van der Waals surface area contributed by atoms with Crippen LogP contribution in [-0.4, -0.2) is 21.3 Å². The van der Waals surface area contributed by atoms with Gasteiger partial charge in [0.05, 0.1) is 22.5 Å². The standard InChI is InChI=1S/C21H18N2O2/c1-12-4-8-14(9-5-12)18-16-17(20(24)22-18)19(23(3)21(16)25)15-10-6-13(2)7-11-15/h4-11,25H,1-3H3. The lowest BCUT2D eigenvalue weighted by Gasteiger charge is -2.07. The van der Waals surface area contributed by atoms with Crippen molar-refractivity contribution >= 4 is 11.6 Å². The van der Waals surface area contributed by atoms with E-state index in [-0.39, 0.29) is 11.8 Å². The minimum Gasteiger partial charge on any atom is -0.494 e. The molecule has 0 aliphatic carbocycles. The third kappa shape index (κ3) is 2.30. The van der Waals surface area contributed by atoms with E-state index in [1.807, 2.05) is 62.4 Å². The Kier molecular flexibility index (Phi) is 3.35. The monoisotopic (exact) mass is 330 g/mol. The summed E-state index contributed by atoms with van der Waals surface area (Å²) in [5, 5.41) is 10.7. The number of hydrogen-bond acceptors (Lipinski definition) is 2. The maximum Gasteiger partial charge on any atom is 0.280 e. The molecule has 0 radical (unpaired) electrons. The van der Waals surface area contributed by atoms with Crippen molar-refractivity contribution in [3.05, 3.63) is 76.3 Å². The summed E-state index contributed by atoms with van der Waals surface area (Å²) in [4.78, 5) is 16.9. The molecular weight excluding hydrogens is 312 g/mol.